The molecule has 1 saturated heterocycles. The van der Waals surface area contributed by atoms with Gasteiger partial charge in [0.1, 0.15) is 5.82 Å². The van der Waals surface area contributed by atoms with Crippen LogP contribution in [-0.2, 0) is 0 Å². The van der Waals surface area contributed by atoms with E-state index < -0.39 is 0 Å². The lowest BCUT2D eigenvalue weighted by Gasteiger charge is -2.36. The zero-order valence-electron chi connectivity index (χ0n) is 9.40. The molecule has 1 fully saturated rings. The van der Waals surface area contributed by atoms with Gasteiger partial charge in [0.2, 0.25) is 0 Å². The summed E-state index contributed by atoms with van der Waals surface area (Å²) in [5.41, 5.74) is 6.03. The Morgan fingerprint density at radius 2 is 1.76 bits per heavy atom. The number of halogens is 2. The van der Waals surface area contributed by atoms with Crippen molar-refractivity contribution in [3.63, 3.8) is 0 Å². The third-order valence-corrected chi connectivity index (χ3v) is 2.81. The maximum absolute atomic E-state index is 13.5. The Labute approximate surface area is 106 Å². The molecule has 6 heteroatoms. The van der Waals surface area contributed by atoms with Gasteiger partial charge in [-0.1, -0.05) is 12.1 Å². The molecule has 0 aromatic heterocycles. The average Bonchev–Trinajstić information content (AvgIpc) is 2.30. The highest BCUT2D eigenvalue weighted by Crippen LogP contribution is 2.19. The maximum atomic E-state index is 13.5. The largest absolute Gasteiger partial charge is 0.370 e. The summed E-state index contributed by atoms with van der Waals surface area (Å²) >= 11 is 0. The molecule has 0 radical (unpaired) electrons. The molecule has 1 aliphatic heterocycles. The van der Waals surface area contributed by atoms with E-state index >= 15 is 0 Å². The lowest BCUT2D eigenvalue weighted by atomic mass is 10.2. The second-order valence-corrected chi connectivity index (χ2v) is 3.81. The van der Waals surface area contributed by atoms with Gasteiger partial charge in [-0.15, -0.1) is 12.4 Å². The van der Waals surface area contributed by atoms with Crippen molar-refractivity contribution < 1.29 is 4.39 Å². The fourth-order valence-corrected chi connectivity index (χ4v) is 1.90. The van der Waals surface area contributed by atoms with Gasteiger partial charge in [0.05, 0.1) is 5.69 Å². The van der Waals surface area contributed by atoms with Crippen LogP contribution in [0, 0.1) is 11.2 Å². The molecular formula is C11H16ClFN4. The number of guanidine groups is 1. The summed E-state index contributed by atoms with van der Waals surface area (Å²) in [4.78, 5) is 3.77. The fraction of sp³-hybridized carbons (Fsp3) is 0.364. The molecule has 0 saturated carbocycles. The first-order valence-corrected chi connectivity index (χ1v) is 5.27. The minimum Gasteiger partial charge on any atom is -0.370 e. The van der Waals surface area contributed by atoms with Crippen LogP contribution in [-0.4, -0.2) is 37.0 Å². The van der Waals surface area contributed by atoms with Crippen LogP contribution in [0.3, 0.4) is 0 Å². The number of nitrogens with two attached hydrogens (primary N) is 1. The van der Waals surface area contributed by atoms with Gasteiger partial charge in [-0.05, 0) is 12.1 Å². The Morgan fingerprint density at radius 1 is 1.18 bits per heavy atom. The summed E-state index contributed by atoms with van der Waals surface area (Å²) in [5.74, 6) is -0.105. The molecule has 4 nitrogen and oxygen atoms in total. The number of para-hydroxylation sites is 1. The van der Waals surface area contributed by atoms with E-state index in [2.05, 4.69) is 0 Å². The van der Waals surface area contributed by atoms with E-state index in [1.807, 2.05) is 11.0 Å². The van der Waals surface area contributed by atoms with Crippen LogP contribution in [0.2, 0.25) is 0 Å². The Hall–Kier alpha value is -1.49. The van der Waals surface area contributed by atoms with E-state index in [9.17, 15) is 4.39 Å². The quantitative estimate of drug-likeness (QED) is 0.589. The van der Waals surface area contributed by atoms with Crippen molar-refractivity contribution >= 4 is 24.1 Å². The van der Waals surface area contributed by atoms with Crippen molar-refractivity contribution in [3.05, 3.63) is 30.1 Å². The molecule has 0 atom stereocenters. The fourth-order valence-electron chi connectivity index (χ4n) is 1.90. The number of hydrogen-bond acceptors (Lipinski definition) is 2. The molecule has 1 aromatic carbocycles. The Kier molecular flexibility index (Phi) is 4.57. The monoisotopic (exact) mass is 258 g/mol. The van der Waals surface area contributed by atoms with E-state index in [0.29, 0.717) is 31.9 Å². The highest BCUT2D eigenvalue weighted by molar-refractivity contribution is 5.85. The molecule has 1 heterocycles. The molecule has 1 aromatic rings. The summed E-state index contributed by atoms with van der Waals surface area (Å²) in [6.07, 6.45) is 0. The van der Waals surface area contributed by atoms with Crippen molar-refractivity contribution in [1.82, 2.24) is 4.90 Å². The summed E-state index contributed by atoms with van der Waals surface area (Å²) in [6, 6.07) is 6.76. The molecular weight excluding hydrogens is 243 g/mol. The van der Waals surface area contributed by atoms with Crippen LogP contribution in [0.5, 0.6) is 0 Å². The first kappa shape index (κ1) is 13.6. The molecule has 0 spiro atoms. The number of piperazine rings is 1. The second-order valence-electron chi connectivity index (χ2n) is 3.81. The molecule has 2 rings (SSSR count). The third-order valence-electron chi connectivity index (χ3n) is 2.81. The molecule has 17 heavy (non-hydrogen) atoms. The standard InChI is InChI=1S/C11H15FN4.ClH/c12-9-3-1-2-4-10(9)15-5-7-16(8-6-15)11(13)14;/h1-4H,5-8H2,(H3,13,14);1H. The van der Waals surface area contributed by atoms with Crippen molar-refractivity contribution in [2.24, 2.45) is 5.73 Å². The SMILES string of the molecule is Cl.N=C(N)N1CCN(c2ccccc2F)CC1. The molecule has 1 aliphatic rings. The highest BCUT2D eigenvalue weighted by Gasteiger charge is 2.19. The summed E-state index contributed by atoms with van der Waals surface area (Å²) in [5, 5.41) is 7.31. The Balaban J connectivity index is 0.00000144. The number of anilines is 1. The first-order valence-electron chi connectivity index (χ1n) is 5.27. The van der Waals surface area contributed by atoms with Gasteiger partial charge in [0.25, 0.3) is 0 Å². The highest BCUT2D eigenvalue weighted by atomic mass is 35.5. The molecule has 0 unspecified atom stereocenters. The summed E-state index contributed by atoms with van der Waals surface area (Å²) in [7, 11) is 0. The summed E-state index contributed by atoms with van der Waals surface area (Å²) < 4.78 is 13.5. The van der Waals surface area contributed by atoms with Crippen LogP contribution >= 0.6 is 12.4 Å². The van der Waals surface area contributed by atoms with Crippen LogP contribution in [0.1, 0.15) is 0 Å². The van der Waals surface area contributed by atoms with E-state index in [1.165, 1.54) is 6.07 Å². The van der Waals surface area contributed by atoms with Gasteiger partial charge >= 0.3 is 0 Å². The Morgan fingerprint density at radius 3 is 2.29 bits per heavy atom. The summed E-state index contributed by atoms with van der Waals surface area (Å²) in [6.45, 7) is 2.73. The number of benzene rings is 1. The van der Waals surface area contributed by atoms with E-state index in [4.69, 9.17) is 11.1 Å². The minimum atomic E-state index is -0.196. The number of rotatable bonds is 1. The van der Waals surface area contributed by atoms with Gasteiger partial charge in [0.15, 0.2) is 5.96 Å². The van der Waals surface area contributed by atoms with Crippen LogP contribution in [0.25, 0.3) is 0 Å². The normalized spacial score (nSPS) is 15.4. The van der Waals surface area contributed by atoms with E-state index in [-0.39, 0.29) is 24.2 Å². The van der Waals surface area contributed by atoms with Gasteiger partial charge < -0.3 is 15.5 Å². The van der Waals surface area contributed by atoms with Gasteiger partial charge in [-0.3, -0.25) is 5.41 Å². The van der Waals surface area contributed by atoms with E-state index in [0.717, 1.165) is 0 Å². The topological polar surface area (TPSA) is 56.4 Å². The smallest absolute Gasteiger partial charge is 0.188 e. The Bertz CT molecular complexity index is 391. The minimum absolute atomic E-state index is 0. The predicted octanol–water partition coefficient (Wildman–Crippen LogP) is 1.26. The zero-order chi connectivity index (χ0) is 11.5. The average molecular weight is 259 g/mol. The van der Waals surface area contributed by atoms with Gasteiger partial charge in [-0.25, -0.2) is 4.39 Å². The molecule has 0 bridgehead atoms. The number of nitrogens with one attached hydrogen (secondary N) is 1. The molecule has 0 amide bonds. The molecule has 0 aliphatic carbocycles. The lowest BCUT2D eigenvalue weighted by Crippen LogP contribution is -2.51. The van der Waals surface area contributed by atoms with Crippen molar-refractivity contribution in [2.45, 2.75) is 0 Å². The van der Waals surface area contributed by atoms with E-state index in [1.54, 1.807) is 17.0 Å². The maximum Gasteiger partial charge on any atom is 0.188 e. The van der Waals surface area contributed by atoms with Crippen molar-refractivity contribution in [3.8, 4) is 0 Å². The zero-order valence-corrected chi connectivity index (χ0v) is 10.2. The second kappa shape index (κ2) is 5.72. The molecule has 94 valence electrons. The van der Waals surface area contributed by atoms with Crippen LogP contribution < -0.4 is 10.6 Å². The van der Waals surface area contributed by atoms with Gasteiger partial charge in [-0.2, -0.15) is 0 Å². The predicted molar refractivity (Wildman–Crippen MR) is 69.3 cm³/mol. The number of nitrogens with zero attached hydrogens (tertiary/aromatic N) is 2. The molecule has 3 N–H and O–H groups in total. The first-order chi connectivity index (χ1) is 7.68. The van der Waals surface area contributed by atoms with Crippen LogP contribution in [0.15, 0.2) is 24.3 Å². The van der Waals surface area contributed by atoms with Gasteiger partial charge in [0, 0.05) is 26.2 Å². The van der Waals surface area contributed by atoms with Crippen molar-refractivity contribution in [2.75, 3.05) is 31.1 Å². The third kappa shape index (κ3) is 3.00. The van der Waals surface area contributed by atoms with Crippen LogP contribution in [0.4, 0.5) is 10.1 Å². The number of hydrogen-bond donors (Lipinski definition) is 2. The van der Waals surface area contributed by atoms with Crippen molar-refractivity contribution in [1.29, 1.82) is 5.41 Å². The lowest BCUT2D eigenvalue weighted by molar-refractivity contribution is 0.378.